The quantitative estimate of drug-likeness (QED) is 0.698. The molecule has 0 aromatic carbocycles. The third-order valence-corrected chi connectivity index (χ3v) is 9.12. The summed E-state index contributed by atoms with van der Waals surface area (Å²) in [7, 11) is 0. The van der Waals surface area contributed by atoms with Gasteiger partial charge in [0.2, 0.25) is 0 Å². The van der Waals surface area contributed by atoms with Crippen LogP contribution in [0.25, 0.3) is 0 Å². The molecule has 2 heteroatoms. The van der Waals surface area contributed by atoms with E-state index < -0.39 is 0 Å². The molecule has 134 valence electrons. The fourth-order valence-electron chi connectivity index (χ4n) is 7.66. The van der Waals surface area contributed by atoms with Gasteiger partial charge in [-0.2, -0.15) is 0 Å². The van der Waals surface area contributed by atoms with Crippen molar-refractivity contribution in [2.75, 3.05) is 0 Å². The molecule has 0 spiro atoms. The number of carbonyl (C=O) groups is 2. The van der Waals surface area contributed by atoms with E-state index in [1.54, 1.807) is 0 Å². The minimum absolute atomic E-state index is 0.247. The van der Waals surface area contributed by atoms with Crippen molar-refractivity contribution in [1.29, 1.82) is 0 Å². The molecule has 4 saturated carbocycles. The van der Waals surface area contributed by atoms with Gasteiger partial charge in [0.05, 0.1) is 0 Å². The lowest BCUT2D eigenvalue weighted by molar-refractivity contribution is -0.158. The molecule has 24 heavy (non-hydrogen) atoms. The summed E-state index contributed by atoms with van der Waals surface area (Å²) in [6, 6.07) is 0. The lowest BCUT2D eigenvalue weighted by Crippen LogP contribution is -2.56. The maximum Gasteiger partial charge on any atom is 0.136 e. The highest BCUT2D eigenvalue weighted by atomic mass is 16.1. The lowest BCUT2D eigenvalue weighted by atomic mass is 9.44. The predicted molar refractivity (Wildman–Crippen MR) is 95.5 cm³/mol. The molecule has 0 N–H and O–H groups in total. The maximum absolute atomic E-state index is 13.2. The summed E-state index contributed by atoms with van der Waals surface area (Å²) in [5.41, 5.74) is 0.650. The van der Waals surface area contributed by atoms with Gasteiger partial charge in [-0.15, -0.1) is 0 Å². The standard InChI is InChI=1S/C22H34O2/c1-4-5-14-6-7-17-20-18(9-11-21(14,17)2)22(3)10-8-16(23)12-15(22)13-19(20)24/h14-15,17-18,20H,4-13H2,1-3H3. The Morgan fingerprint density at radius 3 is 2.46 bits per heavy atom. The van der Waals surface area contributed by atoms with Crippen molar-refractivity contribution >= 4 is 11.6 Å². The molecule has 4 aliphatic carbocycles. The van der Waals surface area contributed by atoms with E-state index >= 15 is 0 Å². The van der Waals surface area contributed by atoms with Gasteiger partial charge in [0.15, 0.2) is 0 Å². The van der Waals surface area contributed by atoms with Crippen molar-refractivity contribution in [3.8, 4) is 0 Å². The number of ketones is 2. The molecular formula is C22H34O2. The second-order valence-corrected chi connectivity index (χ2v) is 9.96. The van der Waals surface area contributed by atoms with Crippen LogP contribution >= 0.6 is 0 Å². The zero-order valence-corrected chi connectivity index (χ0v) is 15.8. The normalized spacial score (nSPS) is 51.0. The van der Waals surface area contributed by atoms with Gasteiger partial charge in [-0.1, -0.05) is 33.6 Å². The minimum atomic E-state index is 0.247. The van der Waals surface area contributed by atoms with Crippen LogP contribution in [0, 0.1) is 40.4 Å². The highest BCUT2D eigenvalue weighted by molar-refractivity contribution is 5.86. The van der Waals surface area contributed by atoms with E-state index in [2.05, 4.69) is 20.8 Å². The Morgan fingerprint density at radius 2 is 1.71 bits per heavy atom. The second-order valence-electron chi connectivity index (χ2n) is 9.96. The van der Waals surface area contributed by atoms with Gasteiger partial charge >= 0.3 is 0 Å². The molecule has 0 aromatic rings. The summed E-state index contributed by atoms with van der Waals surface area (Å²) in [6.45, 7) is 7.24. The van der Waals surface area contributed by atoms with Gasteiger partial charge in [-0.3, -0.25) is 9.59 Å². The van der Waals surface area contributed by atoms with Crippen molar-refractivity contribution in [2.24, 2.45) is 40.4 Å². The average molecular weight is 331 g/mol. The molecule has 0 amide bonds. The summed E-state index contributed by atoms with van der Waals surface area (Å²) < 4.78 is 0. The first-order valence-corrected chi connectivity index (χ1v) is 10.4. The Balaban J connectivity index is 1.65. The fourth-order valence-corrected chi connectivity index (χ4v) is 7.66. The summed E-state index contributed by atoms with van der Waals surface area (Å²) in [5, 5.41) is 0. The van der Waals surface area contributed by atoms with Crippen LogP contribution in [0.15, 0.2) is 0 Å². The Kier molecular flexibility index (Phi) is 3.97. The zero-order chi connectivity index (χ0) is 17.1. The number of hydrogen-bond donors (Lipinski definition) is 0. The van der Waals surface area contributed by atoms with Crippen LogP contribution in [-0.2, 0) is 9.59 Å². The highest BCUT2D eigenvalue weighted by Gasteiger charge is 2.62. The van der Waals surface area contributed by atoms with Gasteiger partial charge in [-0.05, 0) is 66.6 Å². The second kappa shape index (κ2) is 5.68. The molecule has 0 bridgehead atoms. The first-order valence-electron chi connectivity index (χ1n) is 10.4. The molecule has 7 atom stereocenters. The fraction of sp³-hybridized carbons (Fsp3) is 0.909. The Hall–Kier alpha value is -0.660. The molecule has 0 saturated heterocycles. The van der Waals surface area contributed by atoms with Crippen molar-refractivity contribution in [3.63, 3.8) is 0 Å². The number of carbonyl (C=O) groups excluding carboxylic acids is 2. The summed E-state index contributed by atoms with van der Waals surface area (Å²) in [5.74, 6) is 3.56. The van der Waals surface area contributed by atoms with Crippen LogP contribution in [0.2, 0.25) is 0 Å². The van der Waals surface area contributed by atoms with E-state index in [1.807, 2.05) is 0 Å². The van der Waals surface area contributed by atoms with Crippen molar-refractivity contribution in [2.45, 2.75) is 85.0 Å². The number of hydrogen-bond acceptors (Lipinski definition) is 2. The molecule has 4 fully saturated rings. The largest absolute Gasteiger partial charge is 0.300 e. The Morgan fingerprint density at radius 1 is 0.958 bits per heavy atom. The molecule has 0 aliphatic heterocycles. The van der Waals surface area contributed by atoms with E-state index in [0.717, 1.165) is 18.8 Å². The third kappa shape index (κ3) is 2.20. The minimum Gasteiger partial charge on any atom is -0.300 e. The molecule has 4 aliphatic rings. The van der Waals surface area contributed by atoms with Gasteiger partial charge in [0.1, 0.15) is 11.6 Å². The molecule has 0 aromatic heterocycles. The lowest BCUT2D eigenvalue weighted by Gasteiger charge is -2.59. The monoisotopic (exact) mass is 330 g/mol. The molecule has 0 heterocycles. The molecule has 7 unspecified atom stereocenters. The van der Waals surface area contributed by atoms with Crippen LogP contribution in [0.4, 0.5) is 0 Å². The molecular weight excluding hydrogens is 296 g/mol. The highest BCUT2D eigenvalue weighted by Crippen LogP contribution is 2.66. The summed E-state index contributed by atoms with van der Waals surface area (Å²) in [4.78, 5) is 25.1. The Bertz CT molecular complexity index is 552. The van der Waals surface area contributed by atoms with Crippen LogP contribution < -0.4 is 0 Å². The first kappa shape index (κ1) is 16.8. The summed E-state index contributed by atoms with van der Waals surface area (Å²) >= 11 is 0. The van der Waals surface area contributed by atoms with Crippen LogP contribution in [-0.4, -0.2) is 11.6 Å². The van der Waals surface area contributed by atoms with E-state index in [-0.39, 0.29) is 5.41 Å². The van der Waals surface area contributed by atoms with Crippen molar-refractivity contribution in [1.82, 2.24) is 0 Å². The van der Waals surface area contributed by atoms with E-state index in [0.29, 0.717) is 53.5 Å². The van der Waals surface area contributed by atoms with Gasteiger partial charge in [-0.25, -0.2) is 0 Å². The van der Waals surface area contributed by atoms with E-state index in [4.69, 9.17) is 0 Å². The van der Waals surface area contributed by atoms with Gasteiger partial charge < -0.3 is 0 Å². The van der Waals surface area contributed by atoms with E-state index in [1.165, 1.54) is 38.5 Å². The average Bonchev–Trinajstić information content (AvgIpc) is 2.87. The molecule has 0 radical (unpaired) electrons. The van der Waals surface area contributed by atoms with Crippen molar-refractivity contribution < 1.29 is 9.59 Å². The van der Waals surface area contributed by atoms with Crippen LogP contribution in [0.5, 0.6) is 0 Å². The summed E-state index contributed by atoms with van der Waals surface area (Å²) in [6.07, 6.45) is 10.9. The van der Waals surface area contributed by atoms with Crippen LogP contribution in [0.1, 0.15) is 85.0 Å². The first-order chi connectivity index (χ1) is 11.4. The Labute approximate surface area is 147 Å². The number of rotatable bonds is 2. The topological polar surface area (TPSA) is 34.1 Å². The maximum atomic E-state index is 13.2. The van der Waals surface area contributed by atoms with Gasteiger partial charge in [0.25, 0.3) is 0 Å². The number of fused-ring (bicyclic) bond motifs is 5. The smallest absolute Gasteiger partial charge is 0.136 e. The van der Waals surface area contributed by atoms with Crippen molar-refractivity contribution in [3.05, 3.63) is 0 Å². The SMILES string of the molecule is CCCC1CCC2C3C(=O)CC4CC(=O)CCC4(C)C3CCC12C. The molecule has 2 nitrogen and oxygen atoms in total. The third-order valence-electron chi connectivity index (χ3n) is 9.12. The van der Waals surface area contributed by atoms with E-state index in [9.17, 15) is 9.59 Å². The predicted octanol–water partition coefficient (Wildman–Crippen LogP) is 5.19. The molecule has 4 rings (SSSR count). The van der Waals surface area contributed by atoms with Crippen LogP contribution in [0.3, 0.4) is 0 Å². The zero-order valence-electron chi connectivity index (χ0n) is 15.8. The number of Topliss-reactive ketones (excluding diaryl/α,β-unsaturated/α-hetero) is 2. The van der Waals surface area contributed by atoms with Gasteiger partial charge in [0, 0.05) is 25.2 Å².